The van der Waals surface area contributed by atoms with Crippen LogP contribution in [0.4, 0.5) is 0 Å². The highest BCUT2D eigenvalue weighted by molar-refractivity contribution is 5.70. The summed E-state index contributed by atoms with van der Waals surface area (Å²) in [5.41, 5.74) is 0.792. The third kappa shape index (κ3) is 10.8. The number of rotatable bonds is 11. The van der Waals surface area contributed by atoms with Gasteiger partial charge in [0.1, 0.15) is 0 Å². The fraction of sp³-hybridized carbons (Fsp3) is 0.706. The Morgan fingerprint density at radius 2 is 1.90 bits per heavy atom. The molecule has 0 aromatic carbocycles. The summed E-state index contributed by atoms with van der Waals surface area (Å²) in [5, 5.41) is 9.81. The maximum atomic E-state index is 11.2. The maximum absolute atomic E-state index is 11.2. The largest absolute Gasteiger partial charge is 0.466 e. The first-order valence-corrected chi connectivity index (χ1v) is 7.78. The van der Waals surface area contributed by atoms with Crippen LogP contribution in [0.2, 0.25) is 0 Å². The van der Waals surface area contributed by atoms with Gasteiger partial charge >= 0.3 is 5.97 Å². The summed E-state index contributed by atoms with van der Waals surface area (Å²) in [6.07, 6.45) is 12.7. The summed E-state index contributed by atoms with van der Waals surface area (Å²) >= 11 is 0. The van der Waals surface area contributed by atoms with Gasteiger partial charge in [0.15, 0.2) is 0 Å². The molecule has 0 fully saturated rings. The zero-order valence-electron chi connectivity index (χ0n) is 13.2. The van der Waals surface area contributed by atoms with Gasteiger partial charge in [-0.3, -0.25) is 4.79 Å². The highest BCUT2D eigenvalue weighted by Crippen LogP contribution is 2.08. The van der Waals surface area contributed by atoms with Gasteiger partial charge < -0.3 is 9.84 Å². The lowest BCUT2D eigenvalue weighted by molar-refractivity contribution is -0.144. The molecule has 0 saturated carbocycles. The van der Waals surface area contributed by atoms with Crippen LogP contribution in [0.25, 0.3) is 0 Å². The second-order valence-corrected chi connectivity index (χ2v) is 5.07. The van der Waals surface area contributed by atoms with E-state index in [1.807, 2.05) is 19.1 Å². The number of carbonyl (C=O) groups excluding carboxylic acids is 1. The molecule has 1 unspecified atom stereocenters. The molecular weight excluding hydrogens is 252 g/mol. The Morgan fingerprint density at radius 3 is 2.55 bits per heavy atom. The highest BCUT2D eigenvalue weighted by Gasteiger charge is 2.12. The molecule has 0 aromatic heterocycles. The zero-order chi connectivity index (χ0) is 15.2. The number of ether oxygens (including phenoxy) is 1. The van der Waals surface area contributed by atoms with Crippen molar-refractivity contribution in [3.63, 3.8) is 0 Å². The first kappa shape index (κ1) is 18.9. The summed E-state index contributed by atoms with van der Waals surface area (Å²) in [5.74, 6) is -0.354. The molecule has 0 aliphatic carbocycles. The number of hydrogen-bond acceptors (Lipinski definition) is 3. The van der Waals surface area contributed by atoms with Crippen LogP contribution in [0.5, 0.6) is 0 Å². The first-order chi connectivity index (χ1) is 9.61. The normalized spacial score (nSPS) is 13.7. The fourth-order valence-corrected chi connectivity index (χ4v) is 1.83. The standard InChI is InChI=1S/C17H30O3/c1-4-6-7-8-9-10-11-12-13-15(3)16(18)14-17(19)20-5-2/h11-13,16,18H,4-10,14H2,1-3H3/b12-11+,15-13+. The van der Waals surface area contributed by atoms with E-state index < -0.39 is 6.10 Å². The third-order valence-electron chi connectivity index (χ3n) is 3.16. The predicted octanol–water partition coefficient (Wildman–Crippen LogP) is 4.16. The number of esters is 1. The van der Waals surface area contributed by atoms with E-state index in [-0.39, 0.29) is 12.4 Å². The van der Waals surface area contributed by atoms with Gasteiger partial charge in [0.2, 0.25) is 0 Å². The lowest BCUT2D eigenvalue weighted by Crippen LogP contribution is -2.16. The Labute approximate surface area is 123 Å². The van der Waals surface area contributed by atoms with Crippen molar-refractivity contribution < 1.29 is 14.6 Å². The second-order valence-electron chi connectivity index (χ2n) is 5.07. The van der Waals surface area contributed by atoms with Crippen molar-refractivity contribution in [1.29, 1.82) is 0 Å². The van der Waals surface area contributed by atoms with Crippen LogP contribution < -0.4 is 0 Å². The van der Waals surface area contributed by atoms with Crippen molar-refractivity contribution >= 4 is 5.97 Å². The second kappa shape index (κ2) is 12.9. The molecule has 3 heteroatoms. The van der Waals surface area contributed by atoms with Crippen molar-refractivity contribution in [1.82, 2.24) is 0 Å². The lowest BCUT2D eigenvalue weighted by atomic mass is 10.1. The zero-order valence-corrected chi connectivity index (χ0v) is 13.2. The summed E-state index contributed by atoms with van der Waals surface area (Å²) in [6.45, 7) is 6.16. The average molecular weight is 282 g/mol. The Hall–Kier alpha value is -1.09. The first-order valence-electron chi connectivity index (χ1n) is 7.78. The summed E-state index contributed by atoms with van der Waals surface area (Å²) in [7, 11) is 0. The van der Waals surface area contributed by atoms with Crippen LogP contribution in [0.15, 0.2) is 23.8 Å². The monoisotopic (exact) mass is 282 g/mol. The van der Waals surface area contributed by atoms with E-state index in [0.29, 0.717) is 6.61 Å². The van der Waals surface area contributed by atoms with Gasteiger partial charge in [-0.25, -0.2) is 0 Å². The molecule has 0 heterocycles. The van der Waals surface area contributed by atoms with Crippen molar-refractivity contribution in [2.45, 2.75) is 71.8 Å². The molecule has 0 radical (unpaired) electrons. The Morgan fingerprint density at radius 1 is 1.20 bits per heavy atom. The molecule has 0 aromatic rings. The summed E-state index contributed by atoms with van der Waals surface area (Å²) < 4.78 is 4.81. The number of carbonyl (C=O) groups is 1. The Balaban J connectivity index is 3.84. The Kier molecular flexibility index (Phi) is 12.2. The molecule has 0 saturated heterocycles. The van der Waals surface area contributed by atoms with E-state index in [1.54, 1.807) is 6.92 Å². The predicted molar refractivity (Wildman–Crippen MR) is 83.5 cm³/mol. The SMILES string of the molecule is CCCCCCC/C=C/C=C(\C)C(O)CC(=O)OCC. The van der Waals surface area contributed by atoms with Crippen LogP contribution in [0.1, 0.15) is 65.7 Å². The number of aliphatic hydroxyl groups is 1. The quantitative estimate of drug-likeness (QED) is 0.351. The van der Waals surface area contributed by atoms with Gasteiger partial charge in [-0.2, -0.15) is 0 Å². The van der Waals surface area contributed by atoms with Gasteiger partial charge in [0, 0.05) is 0 Å². The number of allylic oxidation sites excluding steroid dienone is 3. The van der Waals surface area contributed by atoms with E-state index in [4.69, 9.17) is 4.74 Å². The molecule has 1 N–H and O–H groups in total. The average Bonchev–Trinajstić information content (AvgIpc) is 2.41. The molecular formula is C17H30O3. The molecule has 0 spiro atoms. The van der Waals surface area contributed by atoms with Crippen LogP contribution >= 0.6 is 0 Å². The van der Waals surface area contributed by atoms with Crippen molar-refractivity contribution in [2.24, 2.45) is 0 Å². The fourth-order valence-electron chi connectivity index (χ4n) is 1.83. The highest BCUT2D eigenvalue weighted by atomic mass is 16.5. The van der Waals surface area contributed by atoms with Gasteiger partial charge in [-0.15, -0.1) is 0 Å². The molecule has 20 heavy (non-hydrogen) atoms. The van der Waals surface area contributed by atoms with Gasteiger partial charge in [0.05, 0.1) is 19.1 Å². The minimum atomic E-state index is -0.747. The molecule has 0 amide bonds. The molecule has 116 valence electrons. The minimum Gasteiger partial charge on any atom is -0.466 e. The molecule has 0 aliphatic heterocycles. The van der Waals surface area contributed by atoms with Crippen molar-refractivity contribution in [3.8, 4) is 0 Å². The van der Waals surface area contributed by atoms with Crippen molar-refractivity contribution in [3.05, 3.63) is 23.8 Å². The van der Waals surface area contributed by atoms with Crippen LogP contribution in [0, 0.1) is 0 Å². The number of aliphatic hydroxyl groups excluding tert-OH is 1. The van der Waals surface area contributed by atoms with E-state index in [2.05, 4.69) is 13.0 Å². The molecule has 3 nitrogen and oxygen atoms in total. The summed E-state index contributed by atoms with van der Waals surface area (Å²) in [6, 6.07) is 0. The van der Waals surface area contributed by atoms with E-state index in [1.165, 1.54) is 32.1 Å². The lowest BCUT2D eigenvalue weighted by Gasteiger charge is -2.09. The van der Waals surface area contributed by atoms with Crippen molar-refractivity contribution in [2.75, 3.05) is 6.61 Å². The summed E-state index contributed by atoms with van der Waals surface area (Å²) in [4.78, 5) is 11.2. The number of hydrogen-bond donors (Lipinski definition) is 1. The molecule has 1 atom stereocenters. The van der Waals surface area contributed by atoms with E-state index in [9.17, 15) is 9.90 Å². The van der Waals surface area contributed by atoms with E-state index >= 15 is 0 Å². The van der Waals surface area contributed by atoms with E-state index in [0.717, 1.165) is 12.0 Å². The van der Waals surface area contributed by atoms with Crippen LogP contribution in [-0.4, -0.2) is 23.8 Å². The Bertz CT molecular complexity index is 305. The molecule has 0 aliphatic rings. The van der Waals surface area contributed by atoms with Gasteiger partial charge in [-0.1, -0.05) is 50.8 Å². The van der Waals surface area contributed by atoms with Crippen LogP contribution in [-0.2, 0) is 9.53 Å². The molecule has 0 rings (SSSR count). The number of unbranched alkanes of at least 4 members (excludes halogenated alkanes) is 5. The van der Waals surface area contributed by atoms with Gasteiger partial charge in [-0.05, 0) is 32.3 Å². The molecule has 0 bridgehead atoms. The van der Waals surface area contributed by atoms with Crippen LogP contribution in [0.3, 0.4) is 0 Å². The smallest absolute Gasteiger partial charge is 0.308 e. The minimum absolute atomic E-state index is 0.0288. The maximum Gasteiger partial charge on any atom is 0.308 e. The van der Waals surface area contributed by atoms with Gasteiger partial charge in [0.25, 0.3) is 0 Å². The third-order valence-corrected chi connectivity index (χ3v) is 3.16. The topological polar surface area (TPSA) is 46.5 Å².